The number of hydrogen-bond acceptors (Lipinski definition) is 4. The third-order valence-electron chi connectivity index (χ3n) is 1.54. The molecular formula is C7H14NO6P. The molecule has 88 valence electrons. The van der Waals surface area contributed by atoms with Crippen LogP contribution in [0, 0.1) is 0 Å². The summed E-state index contributed by atoms with van der Waals surface area (Å²) < 4.78 is 10.7. The van der Waals surface area contributed by atoms with E-state index < -0.39 is 25.8 Å². The first-order chi connectivity index (χ1) is 6.76. The summed E-state index contributed by atoms with van der Waals surface area (Å²) >= 11 is 0. The molecule has 6 N–H and O–H groups in total. The highest BCUT2D eigenvalue weighted by Gasteiger charge is 2.18. The lowest BCUT2D eigenvalue weighted by atomic mass is 10.1. The minimum atomic E-state index is -4.27. The van der Waals surface area contributed by atoms with Crippen molar-refractivity contribution >= 4 is 13.6 Å². The number of carboxylic acid groups (broad SMARTS) is 1. The molecule has 8 heteroatoms. The predicted octanol–water partition coefficient (Wildman–Crippen LogP) is -1.12. The van der Waals surface area contributed by atoms with Gasteiger partial charge in [0, 0.05) is 6.61 Å². The summed E-state index contributed by atoms with van der Waals surface area (Å²) in [7, 11) is -4.27. The van der Waals surface area contributed by atoms with Gasteiger partial charge in [-0.1, -0.05) is 11.6 Å². The molecule has 0 radical (unpaired) electrons. The van der Waals surface area contributed by atoms with E-state index in [-0.39, 0.29) is 18.6 Å². The Labute approximate surface area is 86.4 Å². The van der Waals surface area contributed by atoms with Gasteiger partial charge in [-0.05, 0) is 6.42 Å². The van der Waals surface area contributed by atoms with E-state index in [1.807, 2.05) is 0 Å². The maximum Gasteiger partial charge on any atom is 0.329 e. The van der Waals surface area contributed by atoms with E-state index in [0.717, 1.165) is 6.08 Å². The average molecular weight is 239 g/mol. The van der Waals surface area contributed by atoms with Gasteiger partial charge in [0.15, 0.2) is 0 Å². The highest BCUT2D eigenvalue weighted by molar-refractivity contribution is 7.52. The molecule has 0 saturated carbocycles. The van der Waals surface area contributed by atoms with Gasteiger partial charge in [0.25, 0.3) is 0 Å². The lowest BCUT2D eigenvalue weighted by Crippen LogP contribution is -2.28. The second kappa shape index (κ2) is 5.99. The number of aliphatic hydroxyl groups is 1. The van der Waals surface area contributed by atoms with Crippen LogP contribution in [0.3, 0.4) is 0 Å². The second-order valence-electron chi connectivity index (χ2n) is 2.99. The summed E-state index contributed by atoms with van der Waals surface area (Å²) in [5.41, 5.74) is 5.30. The van der Waals surface area contributed by atoms with Crippen molar-refractivity contribution in [1.29, 1.82) is 0 Å². The topological polar surface area (TPSA) is 141 Å². The largest absolute Gasteiger partial charge is 0.480 e. The van der Waals surface area contributed by atoms with Crippen molar-refractivity contribution in [2.75, 3.05) is 12.8 Å². The molecule has 0 fully saturated rings. The Kier molecular flexibility index (Phi) is 5.71. The molecule has 15 heavy (non-hydrogen) atoms. The number of aliphatic carboxylic acids is 1. The molecule has 0 spiro atoms. The number of carboxylic acids is 1. The molecule has 0 aromatic heterocycles. The fourth-order valence-corrected chi connectivity index (χ4v) is 1.74. The number of rotatable bonds is 6. The first-order valence-electron chi connectivity index (χ1n) is 4.09. The van der Waals surface area contributed by atoms with Gasteiger partial charge >= 0.3 is 13.6 Å². The molecule has 0 aliphatic rings. The van der Waals surface area contributed by atoms with Crippen molar-refractivity contribution in [3.63, 3.8) is 0 Å². The molecule has 0 amide bonds. The third kappa shape index (κ3) is 7.24. The van der Waals surface area contributed by atoms with Gasteiger partial charge in [-0.2, -0.15) is 0 Å². The van der Waals surface area contributed by atoms with E-state index in [2.05, 4.69) is 0 Å². The smallest absolute Gasteiger partial charge is 0.329 e. The quantitative estimate of drug-likeness (QED) is 0.292. The molecular weight excluding hydrogens is 225 g/mol. The molecule has 0 aliphatic carbocycles. The van der Waals surface area contributed by atoms with E-state index in [0.29, 0.717) is 0 Å². The predicted molar refractivity (Wildman–Crippen MR) is 52.3 cm³/mol. The zero-order valence-electron chi connectivity index (χ0n) is 7.91. The zero-order valence-corrected chi connectivity index (χ0v) is 8.80. The van der Waals surface area contributed by atoms with Gasteiger partial charge in [0.1, 0.15) is 6.04 Å². The van der Waals surface area contributed by atoms with Crippen molar-refractivity contribution < 1.29 is 29.4 Å². The van der Waals surface area contributed by atoms with Crippen molar-refractivity contribution in [3.05, 3.63) is 11.6 Å². The molecule has 0 bridgehead atoms. The van der Waals surface area contributed by atoms with E-state index in [1.54, 1.807) is 0 Å². The Morgan fingerprint density at radius 3 is 2.33 bits per heavy atom. The van der Waals surface area contributed by atoms with E-state index in [9.17, 15) is 9.36 Å². The van der Waals surface area contributed by atoms with Gasteiger partial charge in [0.05, 0.1) is 6.16 Å². The van der Waals surface area contributed by atoms with Crippen molar-refractivity contribution in [2.45, 2.75) is 12.5 Å². The maximum absolute atomic E-state index is 10.7. The summed E-state index contributed by atoms with van der Waals surface area (Å²) in [6.45, 7) is -0.321. The first-order valence-corrected chi connectivity index (χ1v) is 5.89. The molecule has 1 unspecified atom stereocenters. The molecule has 7 nitrogen and oxygen atoms in total. The fraction of sp³-hybridized carbons (Fsp3) is 0.571. The van der Waals surface area contributed by atoms with Crippen LogP contribution in [-0.2, 0) is 9.36 Å². The Balaban J connectivity index is 4.65. The van der Waals surface area contributed by atoms with Gasteiger partial charge in [-0.3, -0.25) is 9.36 Å². The maximum atomic E-state index is 10.7. The Hall–Kier alpha value is -0.720. The highest BCUT2D eigenvalue weighted by atomic mass is 31.2. The lowest BCUT2D eigenvalue weighted by molar-refractivity contribution is -0.137. The van der Waals surface area contributed by atoms with Crippen LogP contribution < -0.4 is 5.73 Å². The lowest BCUT2D eigenvalue weighted by Gasteiger charge is -2.09. The van der Waals surface area contributed by atoms with Crippen LogP contribution in [0.15, 0.2) is 11.6 Å². The summed E-state index contributed by atoms with van der Waals surface area (Å²) in [5.74, 6) is -1.30. The Morgan fingerprint density at radius 1 is 1.47 bits per heavy atom. The number of carbonyl (C=O) groups is 1. The van der Waals surface area contributed by atoms with Gasteiger partial charge in [-0.15, -0.1) is 0 Å². The zero-order chi connectivity index (χ0) is 12.1. The van der Waals surface area contributed by atoms with E-state index >= 15 is 0 Å². The van der Waals surface area contributed by atoms with E-state index in [1.165, 1.54) is 0 Å². The van der Waals surface area contributed by atoms with Crippen molar-refractivity contribution in [2.24, 2.45) is 5.73 Å². The summed E-state index contributed by atoms with van der Waals surface area (Å²) in [6, 6.07) is -1.32. The molecule has 0 heterocycles. The van der Waals surface area contributed by atoms with Gasteiger partial charge < -0.3 is 25.7 Å². The molecule has 0 aromatic carbocycles. The Morgan fingerprint density at radius 2 is 2.00 bits per heavy atom. The van der Waals surface area contributed by atoms with Crippen LogP contribution in [0.25, 0.3) is 0 Å². The molecule has 0 saturated heterocycles. The molecule has 0 rings (SSSR count). The number of nitrogens with two attached hydrogens (primary N) is 1. The van der Waals surface area contributed by atoms with Crippen LogP contribution >= 0.6 is 7.60 Å². The molecule has 0 aromatic rings. The average Bonchev–Trinajstić information content (AvgIpc) is 2.00. The number of aliphatic hydroxyl groups excluding tert-OH is 1. The van der Waals surface area contributed by atoms with Crippen molar-refractivity contribution in [3.8, 4) is 0 Å². The van der Waals surface area contributed by atoms with E-state index in [4.69, 9.17) is 25.7 Å². The minimum Gasteiger partial charge on any atom is -0.480 e. The number of hydrogen-bond donors (Lipinski definition) is 5. The Bertz CT molecular complexity index is 296. The molecule has 0 aliphatic heterocycles. The first kappa shape index (κ1) is 14.3. The third-order valence-corrected chi connectivity index (χ3v) is 2.36. The minimum absolute atomic E-state index is 0.00785. The summed E-state index contributed by atoms with van der Waals surface area (Å²) in [4.78, 5) is 27.7. The van der Waals surface area contributed by atoms with Gasteiger partial charge in [0.2, 0.25) is 0 Å². The van der Waals surface area contributed by atoms with Crippen molar-refractivity contribution in [1.82, 2.24) is 0 Å². The van der Waals surface area contributed by atoms with Crippen LogP contribution in [0.1, 0.15) is 6.42 Å². The summed E-state index contributed by atoms with van der Waals surface area (Å²) in [6.07, 6.45) is 0.443. The monoisotopic (exact) mass is 239 g/mol. The normalized spacial score (nSPS) is 15.1. The second-order valence-corrected chi connectivity index (χ2v) is 4.63. The van der Waals surface area contributed by atoms with Crippen LogP contribution in [0.5, 0.6) is 0 Å². The van der Waals surface area contributed by atoms with Crippen LogP contribution in [0.4, 0.5) is 0 Å². The fourth-order valence-electron chi connectivity index (χ4n) is 0.948. The standard InChI is InChI=1S/C7H14NO6P/c8-6(7(10)11)3-5(1-2-9)4-15(12,13)14/h3,6,9H,1-2,4,8H2,(H,10,11)(H2,12,13,14)/b5-3-. The molecule has 1 atom stereocenters. The van der Waals surface area contributed by atoms with Gasteiger partial charge in [-0.25, -0.2) is 0 Å². The van der Waals surface area contributed by atoms with Crippen LogP contribution in [0.2, 0.25) is 0 Å². The summed E-state index contributed by atoms with van der Waals surface area (Å²) in [5, 5.41) is 17.1. The highest BCUT2D eigenvalue weighted by Crippen LogP contribution is 2.37. The van der Waals surface area contributed by atoms with Crippen LogP contribution in [-0.4, -0.2) is 44.8 Å². The SMILES string of the molecule is NC(/C=C(/CCO)CP(=O)(O)O)C(=O)O.